The summed E-state index contributed by atoms with van der Waals surface area (Å²) in [5.74, 6) is -0.474. The summed E-state index contributed by atoms with van der Waals surface area (Å²) < 4.78 is 30.3. The predicted molar refractivity (Wildman–Crippen MR) is 58.7 cm³/mol. The Hall–Kier alpha value is -1.72. The lowest BCUT2D eigenvalue weighted by Gasteiger charge is -2.11. The van der Waals surface area contributed by atoms with Crippen LogP contribution >= 0.6 is 0 Å². The molecule has 2 N–H and O–H groups in total. The van der Waals surface area contributed by atoms with E-state index >= 15 is 0 Å². The van der Waals surface area contributed by atoms with E-state index in [1.807, 2.05) is 0 Å². The summed E-state index contributed by atoms with van der Waals surface area (Å²) in [6, 6.07) is 1.36. The summed E-state index contributed by atoms with van der Waals surface area (Å²) in [5.41, 5.74) is 5.53. The van der Waals surface area contributed by atoms with Crippen molar-refractivity contribution in [2.75, 3.05) is 12.3 Å². The molecule has 0 atom stereocenters. The maximum atomic E-state index is 12.8. The second kappa shape index (κ2) is 5.56. The van der Waals surface area contributed by atoms with E-state index in [1.54, 1.807) is 6.92 Å². The summed E-state index contributed by atoms with van der Waals surface area (Å²) in [7, 11) is 0. The molecule has 0 spiro atoms. The molecule has 0 bridgehead atoms. The quantitative estimate of drug-likeness (QED) is 0.823. The average molecular weight is 244 g/mol. The number of alkyl halides is 2. The molecule has 0 aromatic carbocycles. The van der Waals surface area contributed by atoms with Gasteiger partial charge in [-0.3, -0.25) is 4.79 Å². The van der Waals surface area contributed by atoms with E-state index < -0.39 is 12.4 Å². The van der Waals surface area contributed by atoms with E-state index in [1.165, 1.54) is 13.0 Å². The van der Waals surface area contributed by atoms with E-state index in [2.05, 4.69) is 4.98 Å². The number of carbonyl (C=O) groups excluding carboxylic acids is 1. The Morgan fingerprint density at radius 2 is 2.24 bits per heavy atom. The van der Waals surface area contributed by atoms with Crippen molar-refractivity contribution >= 4 is 11.8 Å². The molecule has 0 fully saturated rings. The van der Waals surface area contributed by atoms with Crippen LogP contribution in [-0.4, -0.2) is 17.6 Å². The number of aryl methyl sites for hydroxylation is 1. The Labute approximate surface area is 97.8 Å². The van der Waals surface area contributed by atoms with Gasteiger partial charge in [0.2, 0.25) is 0 Å². The zero-order valence-electron chi connectivity index (χ0n) is 9.67. The van der Waals surface area contributed by atoms with Crippen LogP contribution < -0.4 is 5.73 Å². The van der Waals surface area contributed by atoms with Gasteiger partial charge in [-0.15, -0.1) is 0 Å². The van der Waals surface area contributed by atoms with Gasteiger partial charge in [0.05, 0.1) is 18.7 Å². The maximum Gasteiger partial charge on any atom is 0.311 e. The van der Waals surface area contributed by atoms with Crippen molar-refractivity contribution in [1.29, 1.82) is 0 Å². The summed E-state index contributed by atoms with van der Waals surface area (Å²) in [6.45, 7) is 3.35. The van der Waals surface area contributed by atoms with Crippen LogP contribution in [0, 0.1) is 6.92 Å². The molecule has 1 rings (SSSR count). The molecule has 0 saturated heterocycles. The highest BCUT2D eigenvalue weighted by Gasteiger charge is 2.20. The van der Waals surface area contributed by atoms with Crippen LogP contribution in [0.2, 0.25) is 0 Å². The molecule has 0 unspecified atom stereocenters. The van der Waals surface area contributed by atoms with Crippen molar-refractivity contribution in [3.05, 3.63) is 22.9 Å². The van der Waals surface area contributed by atoms with Crippen LogP contribution in [0.1, 0.15) is 30.2 Å². The minimum atomic E-state index is -2.69. The van der Waals surface area contributed by atoms with Crippen LogP contribution in [0.5, 0.6) is 0 Å². The number of hydrogen-bond donors (Lipinski definition) is 1. The van der Waals surface area contributed by atoms with Gasteiger partial charge >= 0.3 is 5.97 Å². The Bertz CT molecular complexity index is 422. The molecular weight excluding hydrogens is 230 g/mol. The van der Waals surface area contributed by atoms with Gasteiger partial charge < -0.3 is 10.5 Å². The van der Waals surface area contributed by atoms with Gasteiger partial charge in [-0.05, 0) is 25.5 Å². The molecule has 1 heterocycles. The second-order valence-electron chi connectivity index (χ2n) is 3.51. The SMILES string of the molecule is CCOC(=O)Cc1nc(N)cc(C)c1C(F)F. The fraction of sp³-hybridized carbons (Fsp3) is 0.455. The number of pyridine rings is 1. The van der Waals surface area contributed by atoms with Gasteiger partial charge in [0, 0.05) is 5.56 Å². The second-order valence-corrected chi connectivity index (χ2v) is 3.51. The maximum absolute atomic E-state index is 12.8. The van der Waals surface area contributed by atoms with Gasteiger partial charge in [0.1, 0.15) is 5.82 Å². The molecule has 94 valence electrons. The van der Waals surface area contributed by atoms with Crippen LogP contribution in [0.4, 0.5) is 14.6 Å². The van der Waals surface area contributed by atoms with E-state index in [0.717, 1.165) is 0 Å². The number of hydrogen-bond acceptors (Lipinski definition) is 4. The average Bonchev–Trinajstić information content (AvgIpc) is 2.15. The van der Waals surface area contributed by atoms with Crippen molar-refractivity contribution in [3.8, 4) is 0 Å². The minimum absolute atomic E-state index is 0.0176. The molecule has 1 aromatic rings. The van der Waals surface area contributed by atoms with Gasteiger partial charge in [-0.25, -0.2) is 13.8 Å². The fourth-order valence-electron chi connectivity index (χ4n) is 1.56. The summed E-state index contributed by atoms with van der Waals surface area (Å²) in [5, 5.41) is 0. The molecule has 0 aliphatic carbocycles. The van der Waals surface area contributed by atoms with Crippen molar-refractivity contribution in [3.63, 3.8) is 0 Å². The highest BCUT2D eigenvalue weighted by Crippen LogP contribution is 2.27. The molecule has 1 aromatic heterocycles. The summed E-state index contributed by atoms with van der Waals surface area (Å²) in [4.78, 5) is 15.0. The monoisotopic (exact) mass is 244 g/mol. The lowest BCUT2D eigenvalue weighted by molar-refractivity contribution is -0.142. The molecule has 0 saturated carbocycles. The fourth-order valence-corrected chi connectivity index (χ4v) is 1.56. The zero-order chi connectivity index (χ0) is 13.0. The highest BCUT2D eigenvalue weighted by molar-refractivity contribution is 5.72. The number of ether oxygens (including phenoxy) is 1. The normalized spacial score (nSPS) is 10.6. The molecule has 0 aliphatic heterocycles. The van der Waals surface area contributed by atoms with Crippen molar-refractivity contribution in [1.82, 2.24) is 4.98 Å². The Morgan fingerprint density at radius 1 is 1.59 bits per heavy atom. The third kappa shape index (κ3) is 3.37. The van der Waals surface area contributed by atoms with E-state index in [4.69, 9.17) is 10.5 Å². The van der Waals surface area contributed by atoms with Crippen LogP contribution in [-0.2, 0) is 16.0 Å². The number of aromatic nitrogens is 1. The number of halogens is 2. The standard InChI is InChI=1S/C11H14F2N2O2/c1-3-17-9(16)5-7-10(11(12)13)6(2)4-8(14)15-7/h4,11H,3,5H2,1-2H3,(H2,14,15). The number of nitrogens with two attached hydrogens (primary N) is 1. The van der Waals surface area contributed by atoms with Gasteiger partial charge in [0.25, 0.3) is 6.43 Å². The third-order valence-electron chi connectivity index (χ3n) is 2.20. The lowest BCUT2D eigenvalue weighted by Crippen LogP contribution is -2.13. The van der Waals surface area contributed by atoms with E-state index in [9.17, 15) is 13.6 Å². The molecule has 6 heteroatoms. The molecule has 4 nitrogen and oxygen atoms in total. The van der Waals surface area contributed by atoms with Crippen molar-refractivity contribution in [2.45, 2.75) is 26.7 Å². The molecule has 0 amide bonds. The summed E-state index contributed by atoms with van der Waals surface area (Å²) >= 11 is 0. The number of anilines is 1. The van der Waals surface area contributed by atoms with Crippen LogP contribution in [0.15, 0.2) is 6.07 Å². The first-order chi connectivity index (χ1) is 7.95. The highest BCUT2D eigenvalue weighted by atomic mass is 19.3. The number of nitrogen functional groups attached to an aromatic ring is 1. The van der Waals surface area contributed by atoms with Crippen molar-refractivity contribution < 1.29 is 18.3 Å². The van der Waals surface area contributed by atoms with E-state index in [-0.39, 0.29) is 30.1 Å². The lowest BCUT2D eigenvalue weighted by atomic mass is 10.1. The van der Waals surface area contributed by atoms with Gasteiger partial charge in [-0.1, -0.05) is 0 Å². The van der Waals surface area contributed by atoms with Crippen LogP contribution in [0.3, 0.4) is 0 Å². The number of nitrogens with zero attached hydrogens (tertiary/aromatic N) is 1. The smallest absolute Gasteiger partial charge is 0.311 e. The molecule has 17 heavy (non-hydrogen) atoms. The molecule has 0 radical (unpaired) electrons. The Kier molecular flexibility index (Phi) is 4.37. The first-order valence-electron chi connectivity index (χ1n) is 5.15. The topological polar surface area (TPSA) is 65.2 Å². The zero-order valence-corrected chi connectivity index (χ0v) is 9.67. The minimum Gasteiger partial charge on any atom is -0.466 e. The molecule has 0 aliphatic rings. The first-order valence-corrected chi connectivity index (χ1v) is 5.15. The summed E-state index contributed by atoms with van der Waals surface area (Å²) in [6.07, 6.45) is -2.98. The third-order valence-corrected chi connectivity index (χ3v) is 2.20. The van der Waals surface area contributed by atoms with Crippen molar-refractivity contribution in [2.24, 2.45) is 0 Å². The number of carbonyl (C=O) groups is 1. The number of rotatable bonds is 4. The Balaban J connectivity index is 3.08. The molecular formula is C11H14F2N2O2. The van der Waals surface area contributed by atoms with Gasteiger partial charge in [0.15, 0.2) is 0 Å². The first kappa shape index (κ1) is 13.3. The van der Waals surface area contributed by atoms with E-state index in [0.29, 0.717) is 5.56 Å². The Morgan fingerprint density at radius 3 is 2.76 bits per heavy atom. The largest absolute Gasteiger partial charge is 0.466 e. The number of esters is 1. The van der Waals surface area contributed by atoms with Gasteiger partial charge in [-0.2, -0.15) is 0 Å². The predicted octanol–water partition coefficient (Wildman–Crippen LogP) is 2.02. The van der Waals surface area contributed by atoms with Crippen LogP contribution in [0.25, 0.3) is 0 Å².